The minimum atomic E-state index is 0.475. The summed E-state index contributed by atoms with van der Waals surface area (Å²) in [6, 6.07) is 14.3. The number of aryl methyl sites for hydroxylation is 3. The summed E-state index contributed by atoms with van der Waals surface area (Å²) < 4.78 is 2.04. The second-order valence-corrected chi connectivity index (χ2v) is 7.29. The lowest BCUT2D eigenvalue weighted by molar-refractivity contribution is 0.634. The lowest BCUT2D eigenvalue weighted by atomic mass is 10.00. The standard InChI is InChI=1S/C23H25ClN4/c1-6-27(20-11-10-19(14-25)21(24)13-20)22-12-18(9-8-15(22)3)23-16(4)26-28(7-2)17(23)5/h8-13H,6-7H2,1-5H3. The van der Waals surface area contributed by atoms with Crippen LogP contribution in [0.15, 0.2) is 36.4 Å². The van der Waals surface area contributed by atoms with Crippen molar-refractivity contribution in [1.82, 2.24) is 9.78 Å². The molecule has 0 N–H and O–H groups in total. The number of rotatable bonds is 5. The molecule has 0 spiro atoms. The number of benzene rings is 2. The number of nitriles is 1. The van der Waals surface area contributed by atoms with Crippen LogP contribution in [0.4, 0.5) is 11.4 Å². The minimum absolute atomic E-state index is 0.475. The van der Waals surface area contributed by atoms with Gasteiger partial charge in [0.25, 0.3) is 0 Å². The van der Waals surface area contributed by atoms with Gasteiger partial charge in [0.15, 0.2) is 0 Å². The Bertz CT molecular complexity index is 1060. The maximum absolute atomic E-state index is 9.15. The van der Waals surface area contributed by atoms with Crippen molar-refractivity contribution in [2.45, 2.75) is 41.2 Å². The van der Waals surface area contributed by atoms with E-state index in [1.165, 1.54) is 16.8 Å². The molecular weight excluding hydrogens is 368 g/mol. The van der Waals surface area contributed by atoms with Gasteiger partial charge in [-0.05, 0) is 70.0 Å². The van der Waals surface area contributed by atoms with Crippen LogP contribution >= 0.6 is 11.6 Å². The van der Waals surface area contributed by atoms with Gasteiger partial charge in [-0.25, -0.2) is 0 Å². The highest BCUT2D eigenvalue weighted by atomic mass is 35.5. The summed E-state index contributed by atoms with van der Waals surface area (Å²) >= 11 is 6.29. The van der Waals surface area contributed by atoms with E-state index in [1.807, 2.05) is 16.8 Å². The van der Waals surface area contributed by atoms with Crippen LogP contribution in [0.2, 0.25) is 5.02 Å². The third kappa shape index (κ3) is 3.50. The molecule has 2 aromatic carbocycles. The van der Waals surface area contributed by atoms with Crippen LogP contribution in [0, 0.1) is 32.1 Å². The first kappa shape index (κ1) is 20.0. The first-order chi connectivity index (χ1) is 13.4. The fourth-order valence-corrected chi connectivity index (χ4v) is 3.95. The van der Waals surface area contributed by atoms with Gasteiger partial charge in [-0.1, -0.05) is 23.7 Å². The van der Waals surface area contributed by atoms with Crippen molar-refractivity contribution in [3.8, 4) is 17.2 Å². The number of hydrogen-bond acceptors (Lipinski definition) is 3. The lowest BCUT2D eigenvalue weighted by Gasteiger charge is -2.26. The van der Waals surface area contributed by atoms with Crippen molar-refractivity contribution < 1.29 is 0 Å². The highest BCUT2D eigenvalue weighted by Crippen LogP contribution is 2.36. The second-order valence-electron chi connectivity index (χ2n) is 6.88. The zero-order chi connectivity index (χ0) is 20.4. The monoisotopic (exact) mass is 392 g/mol. The summed E-state index contributed by atoms with van der Waals surface area (Å²) in [5.74, 6) is 0. The van der Waals surface area contributed by atoms with Crippen molar-refractivity contribution in [3.05, 3.63) is 63.9 Å². The average molecular weight is 393 g/mol. The van der Waals surface area contributed by atoms with Crippen LogP contribution in [0.5, 0.6) is 0 Å². The largest absolute Gasteiger partial charge is 0.341 e. The molecule has 0 saturated carbocycles. The van der Waals surface area contributed by atoms with Crippen molar-refractivity contribution in [2.24, 2.45) is 0 Å². The predicted molar refractivity (Wildman–Crippen MR) is 116 cm³/mol. The van der Waals surface area contributed by atoms with E-state index in [0.29, 0.717) is 10.6 Å². The molecule has 28 heavy (non-hydrogen) atoms. The van der Waals surface area contributed by atoms with E-state index in [9.17, 15) is 0 Å². The van der Waals surface area contributed by atoms with Crippen LogP contribution in [-0.4, -0.2) is 16.3 Å². The van der Waals surface area contributed by atoms with Gasteiger partial charge in [-0.2, -0.15) is 10.4 Å². The molecule has 0 fully saturated rings. The van der Waals surface area contributed by atoms with E-state index in [4.69, 9.17) is 16.9 Å². The topological polar surface area (TPSA) is 44.9 Å². The maximum atomic E-state index is 9.15. The first-order valence-electron chi connectivity index (χ1n) is 9.53. The Hall–Kier alpha value is -2.77. The van der Waals surface area contributed by atoms with Crippen molar-refractivity contribution in [2.75, 3.05) is 11.4 Å². The normalized spacial score (nSPS) is 10.8. The number of halogens is 1. The maximum Gasteiger partial charge on any atom is 0.101 e. The summed E-state index contributed by atoms with van der Waals surface area (Å²) in [4.78, 5) is 2.22. The van der Waals surface area contributed by atoms with Gasteiger partial charge < -0.3 is 4.90 Å². The van der Waals surface area contributed by atoms with Gasteiger partial charge >= 0.3 is 0 Å². The fourth-order valence-electron chi connectivity index (χ4n) is 3.73. The Balaban J connectivity index is 2.12. The van der Waals surface area contributed by atoms with Gasteiger partial charge in [0.1, 0.15) is 6.07 Å². The Morgan fingerprint density at radius 2 is 1.86 bits per heavy atom. The summed E-state index contributed by atoms with van der Waals surface area (Å²) in [6.45, 7) is 12.2. The van der Waals surface area contributed by atoms with E-state index >= 15 is 0 Å². The molecule has 0 radical (unpaired) electrons. The van der Waals surface area contributed by atoms with Gasteiger partial charge in [-0.15, -0.1) is 0 Å². The van der Waals surface area contributed by atoms with Crippen molar-refractivity contribution in [3.63, 3.8) is 0 Å². The number of nitrogens with zero attached hydrogens (tertiary/aromatic N) is 4. The van der Waals surface area contributed by atoms with E-state index in [1.54, 1.807) is 6.07 Å². The molecule has 0 amide bonds. The van der Waals surface area contributed by atoms with Crippen molar-refractivity contribution >= 4 is 23.0 Å². The molecule has 0 unspecified atom stereocenters. The molecule has 4 nitrogen and oxygen atoms in total. The zero-order valence-corrected chi connectivity index (χ0v) is 17.8. The van der Waals surface area contributed by atoms with E-state index < -0.39 is 0 Å². The molecule has 3 aromatic rings. The minimum Gasteiger partial charge on any atom is -0.341 e. The molecule has 1 aromatic heterocycles. The molecule has 0 atom stereocenters. The summed E-state index contributed by atoms with van der Waals surface area (Å²) in [5, 5.41) is 14.3. The fraction of sp³-hybridized carbons (Fsp3) is 0.304. The predicted octanol–water partition coefficient (Wildman–Crippen LogP) is 6.18. The quantitative estimate of drug-likeness (QED) is 0.520. The molecule has 0 saturated heterocycles. The van der Waals surface area contributed by atoms with Crippen LogP contribution in [-0.2, 0) is 6.54 Å². The third-order valence-electron chi connectivity index (χ3n) is 5.17. The first-order valence-corrected chi connectivity index (χ1v) is 9.91. The Labute approximate surface area is 172 Å². The summed E-state index contributed by atoms with van der Waals surface area (Å²) in [6.07, 6.45) is 0. The SMILES string of the molecule is CCN(c1ccc(C#N)c(Cl)c1)c1cc(-c2c(C)nn(CC)c2C)ccc1C. The number of aromatic nitrogens is 2. The van der Waals surface area contributed by atoms with E-state index in [-0.39, 0.29) is 0 Å². The molecule has 0 aliphatic carbocycles. The van der Waals surface area contributed by atoms with Crippen LogP contribution < -0.4 is 4.90 Å². The van der Waals surface area contributed by atoms with Crippen molar-refractivity contribution in [1.29, 1.82) is 5.26 Å². The van der Waals surface area contributed by atoms with Gasteiger partial charge in [0, 0.05) is 35.7 Å². The second kappa shape index (κ2) is 8.08. The average Bonchev–Trinajstić information content (AvgIpc) is 2.97. The van der Waals surface area contributed by atoms with E-state index in [2.05, 4.69) is 68.9 Å². The summed E-state index contributed by atoms with van der Waals surface area (Å²) in [5.41, 5.74) is 8.35. The number of anilines is 2. The summed E-state index contributed by atoms with van der Waals surface area (Å²) in [7, 11) is 0. The highest BCUT2D eigenvalue weighted by molar-refractivity contribution is 6.32. The lowest BCUT2D eigenvalue weighted by Crippen LogP contribution is -2.17. The smallest absolute Gasteiger partial charge is 0.101 e. The van der Waals surface area contributed by atoms with Gasteiger partial charge in [0.05, 0.1) is 16.3 Å². The zero-order valence-electron chi connectivity index (χ0n) is 17.0. The van der Waals surface area contributed by atoms with Crippen LogP contribution in [0.1, 0.15) is 36.4 Å². The van der Waals surface area contributed by atoms with Crippen LogP contribution in [0.3, 0.4) is 0 Å². The molecule has 1 heterocycles. The Morgan fingerprint density at radius 1 is 1.11 bits per heavy atom. The molecule has 0 bridgehead atoms. The number of hydrogen-bond donors (Lipinski definition) is 0. The molecule has 5 heteroatoms. The molecule has 0 aliphatic heterocycles. The Kier molecular flexibility index (Phi) is 5.76. The molecule has 0 aliphatic rings. The van der Waals surface area contributed by atoms with E-state index in [0.717, 1.165) is 35.7 Å². The molecular formula is C23H25ClN4. The third-order valence-corrected chi connectivity index (χ3v) is 5.48. The highest BCUT2D eigenvalue weighted by Gasteiger charge is 2.17. The van der Waals surface area contributed by atoms with Gasteiger partial charge in [-0.3, -0.25) is 4.68 Å². The Morgan fingerprint density at radius 3 is 2.43 bits per heavy atom. The molecule has 3 rings (SSSR count). The van der Waals surface area contributed by atoms with Crippen LogP contribution in [0.25, 0.3) is 11.1 Å². The van der Waals surface area contributed by atoms with Gasteiger partial charge in [0.2, 0.25) is 0 Å². The molecule has 144 valence electrons.